The molecule has 2 atom stereocenters. The summed E-state index contributed by atoms with van der Waals surface area (Å²) in [5.41, 5.74) is 4.12. The molecule has 0 aromatic carbocycles. The Morgan fingerprint density at radius 2 is 2.03 bits per heavy atom. The zero-order valence-electron chi connectivity index (χ0n) is 19.1. The summed E-state index contributed by atoms with van der Waals surface area (Å²) in [6.45, 7) is 3.74. The maximum atomic E-state index is 13.2. The van der Waals surface area contributed by atoms with Gasteiger partial charge in [0, 0.05) is 56.2 Å². The molecule has 5 rings (SSSR count). The number of carbonyl (C=O) groups excluding carboxylic acids is 3. The maximum absolute atomic E-state index is 13.2. The maximum Gasteiger partial charge on any atom is 0.246 e. The highest BCUT2D eigenvalue weighted by atomic mass is 32.1. The van der Waals surface area contributed by atoms with Crippen molar-refractivity contribution in [2.45, 2.75) is 31.6 Å². The third-order valence-corrected chi connectivity index (χ3v) is 7.79. The molecule has 3 aliphatic heterocycles. The van der Waals surface area contributed by atoms with Crippen LogP contribution in [0.5, 0.6) is 0 Å². The molecule has 5 heterocycles. The van der Waals surface area contributed by atoms with Crippen LogP contribution < -0.4 is 5.32 Å². The van der Waals surface area contributed by atoms with E-state index in [1.54, 1.807) is 35.4 Å². The number of pyridine rings is 1. The number of rotatable bonds is 3. The molecule has 2 unspecified atom stereocenters. The number of amides is 3. The molecule has 8 nitrogen and oxygen atoms in total. The highest BCUT2D eigenvalue weighted by Gasteiger charge is 2.54. The first-order chi connectivity index (χ1) is 16.5. The molecular weight excluding hydrogens is 450 g/mol. The van der Waals surface area contributed by atoms with E-state index in [9.17, 15) is 14.4 Å². The van der Waals surface area contributed by atoms with E-state index in [1.807, 2.05) is 34.0 Å². The van der Waals surface area contributed by atoms with E-state index in [2.05, 4.69) is 21.4 Å². The Morgan fingerprint density at radius 1 is 1.21 bits per heavy atom. The van der Waals surface area contributed by atoms with Gasteiger partial charge in [-0.1, -0.05) is 17.7 Å². The van der Waals surface area contributed by atoms with Gasteiger partial charge < -0.3 is 15.1 Å². The summed E-state index contributed by atoms with van der Waals surface area (Å²) in [6, 6.07) is 3.75. The van der Waals surface area contributed by atoms with E-state index in [-0.39, 0.29) is 23.6 Å². The SMILES string of the molecule is CC(=O)N1CCC2(C(=O)Nc3ncccc32)C(C=CC(=O)N2CCC(=Cc3cscn3)CC2)C1. The molecule has 3 amide bonds. The lowest BCUT2D eigenvalue weighted by atomic mass is 9.66. The fraction of sp³-hybridized carbons (Fsp3) is 0.400. The van der Waals surface area contributed by atoms with Crippen molar-refractivity contribution in [1.29, 1.82) is 0 Å². The molecule has 2 saturated heterocycles. The molecule has 2 fully saturated rings. The molecular formula is C25H27N5O3S. The molecule has 1 N–H and O–H groups in total. The number of likely N-dealkylation sites (tertiary alicyclic amines) is 2. The highest BCUT2D eigenvalue weighted by Crippen LogP contribution is 2.47. The molecule has 0 aliphatic carbocycles. The molecule has 0 saturated carbocycles. The molecule has 2 aromatic rings. The Labute approximate surface area is 202 Å². The van der Waals surface area contributed by atoms with Gasteiger partial charge in [-0.15, -0.1) is 11.3 Å². The summed E-state index contributed by atoms with van der Waals surface area (Å²) in [7, 11) is 0. The number of hydrogen-bond donors (Lipinski definition) is 1. The lowest BCUT2D eigenvalue weighted by molar-refractivity contribution is -0.134. The summed E-state index contributed by atoms with van der Waals surface area (Å²) >= 11 is 1.57. The van der Waals surface area contributed by atoms with Gasteiger partial charge in [0.25, 0.3) is 0 Å². The molecule has 1 spiro atoms. The summed E-state index contributed by atoms with van der Waals surface area (Å²) < 4.78 is 0. The van der Waals surface area contributed by atoms with Gasteiger partial charge in [-0.3, -0.25) is 14.4 Å². The van der Waals surface area contributed by atoms with Crippen LogP contribution >= 0.6 is 11.3 Å². The van der Waals surface area contributed by atoms with Crippen LogP contribution in [-0.4, -0.2) is 63.7 Å². The molecule has 3 aliphatic rings. The number of fused-ring (bicyclic) bond motifs is 2. The van der Waals surface area contributed by atoms with Crippen molar-refractivity contribution < 1.29 is 14.4 Å². The molecule has 34 heavy (non-hydrogen) atoms. The van der Waals surface area contributed by atoms with Gasteiger partial charge in [0.05, 0.1) is 16.6 Å². The van der Waals surface area contributed by atoms with Crippen molar-refractivity contribution in [2.24, 2.45) is 5.92 Å². The van der Waals surface area contributed by atoms with Crippen molar-refractivity contribution in [3.63, 3.8) is 0 Å². The van der Waals surface area contributed by atoms with Crippen LogP contribution in [0, 0.1) is 5.92 Å². The monoisotopic (exact) mass is 477 g/mol. The fourth-order valence-electron chi connectivity index (χ4n) is 5.28. The minimum atomic E-state index is -0.822. The van der Waals surface area contributed by atoms with Crippen molar-refractivity contribution in [3.8, 4) is 0 Å². The molecule has 0 bridgehead atoms. The lowest BCUT2D eigenvalue weighted by Gasteiger charge is -2.43. The largest absolute Gasteiger partial charge is 0.342 e. The lowest BCUT2D eigenvalue weighted by Crippen LogP contribution is -2.53. The van der Waals surface area contributed by atoms with E-state index in [4.69, 9.17) is 0 Å². The number of aromatic nitrogens is 2. The van der Waals surface area contributed by atoms with E-state index in [0.717, 1.165) is 24.1 Å². The second kappa shape index (κ2) is 9.13. The smallest absolute Gasteiger partial charge is 0.246 e. The number of nitrogens with one attached hydrogen (secondary N) is 1. The Kier molecular flexibility index (Phi) is 6.03. The third kappa shape index (κ3) is 4.04. The second-order valence-electron chi connectivity index (χ2n) is 9.05. The van der Waals surface area contributed by atoms with Gasteiger partial charge in [-0.2, -0.15) is 0 Å². The summed E-state index contributed by atoms with van der Waals surface area (Å²) in [6.07, 6.45) is 9.33. The number of hydrogen-bond acceptors (Lipinski definition) is 6. The number of thiazole rings is 1. The van der Waals surface area contributed by atoms with Gasteiger partial charge in [-0.25, -0.2) is 9.97 Å². The average Bonchev–Trinajstić information content (AvgIpc) is 3.45. The zero-order valence-corrected chi connectivity index (χ0v) is 19.9. The van der Waals surface area contributed by atoms with Crippen LogP contribution in [0.3, 0.4) is 0 Å². The van der Waals surface area contributed by atoms with Crippen molar-refractivity contribution in [1.82, 2.24) is 19.8 Å². The molecule has 176 valence electrons. The molecule has 2 aromatic heterocycles. The van der Waals surface area contributed by atoms with Crippen LogP contribution in [0.2, 0.25) is 0 Å². The van der Waals surface area contributed by atoms with Gasteiger partial charge in [0.2, 0.25) is 17.7 Å². The first-order valence-corrected chi connectivity index (χ1v) is 12.5. The molecule has 0 radical (unpaired) electrons. The van der Waals surface area contributed by atoms with Crippen LogP contribution in [0.25, 0.3) is 6.08 Å². The van der Waals surface area contributed by atoms with Crippen molar-refractivity contribution in [2.75, 3.05) is 31.5 Å². The van der Waals surface area contributed by atoms with Gasteiger partial charge in [-0.05, 0) is 37.5 Å². The van der Waals surface area contributed by atoms with Gasteiger partial charge >= 0.3 is 0 Å². The second-order valence-corrected chi connectivity index (χ2v) is 9.77. The predicted molar refractivity (Wildman–Crippen MR) is 130 cm³/mol. The van der Waals surface area contributed by atoms with E-state index in [1.165, 1.54) is 5.57 Å². The Morgan fingerprint density at radius 3 is 2.76 bits per heavy atom. The number of carbonyl (C=O) groups is 3. The Balaban J connectivity index is 1.33. The standard InChI is InChI=1S/C25H27N5O3S/c1-17(31)30-12-8-25(21-3-2-9-26-23(21)28-24(25)33)19(14-30)4-5-22(32)29-10-6-18(7-11-29)13-20-15-34-16-27-20/h2-5,9,13,15-16,19H,6-8,10-12,14H2,1H3,(H,26,28,33). The summed E-state index contributed by atoms with van der Waals surface area (Å²) in [4.78, 5) is 50.6. The quantitative estimate of drug-likeness (QED) is 0.686. The van der Waals surface area contributed by atoms with Crippen molar-refractivity contribution in [3.05, 3.63) is 58.2 Å². The normalized spacial score (nSPS) is 24.4. The first kappa shape index (κ1) is 22.5. The Hall–Kier alpha value is -3.33. The summed E-state index contributed by atoms with van der Waals surface area (Å²) in [5.74, 6) is 0.0576. The van der Waals surface area contributed by atoms with E-state index in [0.29, 0.717) is 38.4 Å². The number of nitrogens with zero attached hydrogens (tertiary/aromatic N) is 4. The highest BCUT2D eigenvalue weighted by molar-refractivity contribution is 7.07. The number of anilines is 1. The van der Waals surface area contributed by atoms with Crippen LogP contribution in [-0.2, 0) is 19.8 Å². The van der Waals surface area contributed by atoms with Crippen molar-refractivity contribution >= 4 is 41.0 Å². The van der Waals surface area contributed by atoms with Crippen LogP contribution in [0.4, 0.5) is 5.82 Å². The minimum absolute atomic E-state index is 0.0279. The fourth-order valence-corrected chi connectivity index (χ4v) is 5.79. The summed E-state index contributed by atoms with van der Waals surface area (Å²) in [5, 5.41) is 4.93. The first-order valence-electron chi connectivity index (χ1n) is 11.5. The number of piperidine rings is 2. The topological polar surface area (TPSA) is 95.5 Å². The molecule has 9 heteroatoms. The van der Waals surface area contributed by atoms with E-state index >= 15 is 0 Å². The minimum Gasteiger partial charge on any atom is -0.342 e. The van der Waals surface area contributed by atoms with Crippen LogP contribution in [0.1, 0.15) is 37.4 Å². The average molecular weight is 478 g/mol. The van der Waals surface area contributed by atoms with Gasteiger partial charge in [0.1, 0.15) is 5.82 Å². The zero-order chi connectivity index (χ0) is 23.7. The third-order valence-electron chi connectivity index (χ3n) is 7.19. The Bertz CT molecular complexity index is 1160. The van der Waals surface area contributed by atoms with Gasteiger partial charge in [0.15, 0.2) is 0 Å². The predicted octanol–water partition coefficient (Wildman–Crippen LogP) is 2.86. The van der Waals surface area contributed by atoms with E-state index < -0.39 is 5.41 Å². The van der Waals surface area contributed by atoms with Crippen LogP contribution in [0.15, 0.2) is 46.9 Å².